The predicted octanol–water partition coefficient (Wildman–Crippen LogP) is 6.04. The van der Waals surface area contributed by atoms with Crippen LogP contribution in [0.4, 0.5) is 11.4 Å². The molecule has 3 aromatic carbocycles. The van der Waals surface area contributed by atoms with Crippen LogP contribution in [0.15, 0.2) is 66.7 Å². The molecule has 0 amide bonds. The molecule has 0 aromatic heterocycles. The van der Waals surface area contributed by atoms with Crippen LogP contribution in [-0.2, 0) is 5.41 Å². The third-order valence-corrected chi connectivity index (χ3v) is 4.89. The average molecular weight is 299 g/mol. The molecule has 0 spiro atoms. The lowest BCUT2D eigenvalue weighted by atomic mass is 9.82. The van der Waals surface area contributed by atoms with Crippen molar-refractivity contribution in [1.82, 2.24) is 0 Å². The van der Waals surface area contributed by atoms with Crippen LogP contribution >= 0.6 is 0 Å². The Kier molecular flexibility index (Phi) is 3.05. The van der Waals surface area contributed by atoms with Crippen molar-refractivity contribution in [3.8, 4) is 11.1 Å². The largest absolute Gasteiger partial charge is 0.356 e. The highest BCUT2D eigenvalue weighted by molar-refractivity contribution is 5.83. The number of benzene rings is 3. The van der Waals surface area contributed by atoms with Crippen molar-refractivity contribution in [2.45, 2.75) is 26.2 Å². The van der Waals surface area contributed by atoms with Crippen LogP contribution in [0, 0.1) is 6.92 Å². The molecule has 0 aliphatic heterocycles. The molecule has 0 heterocycles. The van der Waals surface area contributed by atoms with Crippen molar-refractivity contribution in [1.29, 1.82) is 0 Å². The normalized spacial score (nSPS) is 14.2. The maximum Gasteiger partial charge on any atom is 0.0387 e. The van der Waals surface area contributed by atoms with E-state index < -0.39 is 0 Å². The Morgan fingerprint density at radius 1 is 0.696 bits per heavy atom. The van der Waals surface area contributed by atoms with E-state index in [4.69, 9.17) is 0 Å². The van der Waals surface area contributed by atoms with Crippen LogP contribution in [-0.4, -0.2) is 0 Å². The molecule has 3 aromatic rings. The molecule has 1 nitrogen and oxygen atoms in total. The first-order valence-electron chi connectivity index (χ1n) is 8.14. The van der Waals surface area contributed by atoms with Gasteiger partial charge in [0.1, 0.15) is 0 Å². The highest BCUT2D eigenvalue weighted by Gasteiger charge is 2.35. The van der Waals surface area contributed by atoms with Gasteiger partial charge >= 0.3 is 0 Å². The maximum absolute atomic E-state index is 3.51. The van der Waals surface area contributed by atoms with Gasteiger partial charge in [-0.3, -0.25) is 0 Å². The Morgan fingerprint density at radius 2 is 1.35 bits per heavy atom. The lowest BCUT2D eigenvalue weighted by molar-refractivity contribution is 0.660. The minimum Gasteiger partial charge on any atom is -0.356 e. The molecule has 1 heteroatoms. The minimum atomic E-state index is 0.0467. The highest BCUT2D eigenvalue weighted by Crippen LogP contribution is 2.49. The summed E-state index contributed by atoms with van der Waals surface area (Å²) in [6.07, 6.45) is 0. The first kappa shape index (κ1) is 14.1. The lowest BCUT2D eigenvalue weighted by Crippen LogP contribution is -2.15. The number of aryl methyl sites for hydroxylation is 1. The summed E-state index contributed by atoms with van der Waals surface area (Å²) in [5.74, 6) is 0. The minimum absolute atomic E-state index is 0.0467. The Labute approximate surface area is 138 Å². The van der Waals surface area contributed by atoms with Crippen molar-refractivity contribution in [2.24, 2.45) is 0 Å². The van der Waals surface area contributed by atoms with Gasteiger partial charge in [0.05, 0.1) is 0 Å². The van der Waals surface area contributed by atoms with Gasteiger partial charge in [0, 0.05) is 16.8 Å². The van der Waals surface area contributed by atoms with Gasteiger partial charge in [-0.2, -0.15) is 0 Å². The van der Waals surface area contributed by atoms with Crippen molar-refractivity contribution in [3.63, 3.8) is 0 Å². The molecule has 23 heavy (non-hydrogen) atoms. The van der Waals surface area contributed by atoms with Gasteiger partial charge in [-0.05, 0) is 53.4 Å². The SMILES string of the molecule is Cc1ccc2c(c1)C(C)(C)c1cc(Nc3ccccc3)ccc1-2. The van der Waals surface area contributed by atoms with Crippen LogP contribution in [0.1, 0.15) is 30.5 Å². The van der Waals surface area contributed by atoms with Crippen molar-refractivity contribution in [2.75, 3.05) is 5.32 Å². The highest BCUT2D eigenvalue weighted by atomic mass is 14.9. The second-order valence-electron chi connectivity index (χ2n) is 6.93. The van der Waals surface area contributed by atoms with Crippen molar-refractivity contribution in [3.05, 3.63) is 83.4 Å². The first-order chi connectivity index (χ1) is 11.1. The zero-order valence-corrected chi connectivity index (χ0v) is 13.9. The maximum atomic E-state index is 3.51. The summed E-state index contributed by atoms with van der Waals surface area (Å²) in [5.41, 5.74) is 9.22. The molecule has 0 radical (unpaired) electrons. The number of hydrogen-bond donors (Lipinski definition) is 1. The zero-order chi connectivity index (χ0) is 16.0. The number of fused-ring (bicyclic) bond motifs is 3. The van der Waals surface area contributed by atoms with E-state index in [1.54, 1.807) is 0 Å². The van der Waals surface area contributed by atoms with Crippen LogP contribution in [0.3, 0.4) is 0 Å². The standard InChI is InChI=1S/C22H21N/c1-15-9-11-18-19-12-10-17(23-16-7-5-4-6-8-16)14-21(19)22(2,3)20(18)13-15/h4-14,23H,1-3H3. The quantitative estimate of drug-likeness (QED) is 0.608. The van der Waals surface area contributed by atoms with Gasteiger partial charge in [-0.25, -0.2) is 0 Å². The Morgan fingerprint density at radius 3 is 2.09 bits per heavy atom. The topological polar surface area (TPSA) is 12.0 Å². The fourth-order valence-corrected chi connectivity index (χ4v) is 3.62. The monoisotopic (exact) mass is 299 g/mol. The molecule has 1 N–H and O–H groups in total. The molecule has 0 atom stereocenters. The summed E-state index contributed by atoms with van der Waals surface area (Å²) < 4.78 is 0. The van der Waals surface area contributed by atoms with Crippen LogP contribution < -0.4 is 5.32 Å². The van der Waals surface area contributed by atoms with E-state index in [-0.39, 0.29) is 5.41 Å². The van der Waals surface area contributed by atoms with E-state index in [1.807, 2.05) is 6.07 Å². The summed E-state index contributed by atoms with van der Waals surface area (Å²) in [4.78, 5) is 0. The molecule has 4 rings (SSSR count). The number of para-hydroxylation sites is 1. The molecular formula is C22H21N. The molecule has 114 valence electrons. The Balaban J connectivity index is 1.79. The molecule has 0 saturated heterocycles. The van der Waals surface area contributed by atoms with Gasteiger partial charge in [0.2, 0.25) is 0 Å². The number of rotatable bonds is 2. The molecule has 0 saturated carbocycles. The van der Waals surface area contributed by atoms with E-state index in [1.165, 1.54) is 27.8 Å². The van der Waals surface area contributed by atoms with Gasteiger partial charge in [0.25, 0.3) is 0 Å². The van der Waals surface area contributed by atoms with E-state index in [0.29, 0.717) is 0 Å². The lowest BCUT2D eigenvalue weighted by Gasteiger charge is -2.22. The summed E-state index contributed by atoms with van der Waals surface area (Å²) >= 11 is 0. The molecule has 0 bridgehead atoms. The zero-order valence-electron chi connectivity index (χ0n) is 13.9. The fourth-order valence-electron chi connectivity index (χ4n) is 3.62. The van der Waals surface area contributed by atoms with E-state index >= 15 is 0 Å². The predicted molar refractivity (Wildman–Crippen MR) is 98.5 cm³/mol. The van der Waals surface area contributed by atoms with Gasteiger partial charge in [-0.1, -0.05) is 61.9 Å². The number of hydrogen-bond acceptors (Lipinski definition) is 1. The second kappa shape index (κ2) is 4.99. The van der Waals surface area contributed by atoms with Crippen LogP contribution in [0.25, 0.3) is 11.1 Å². The molecule has 1 aliphatic rings. The van der Waals surface area contributed by atoms with Gasteiger partial charge < -0.3 is 5.32 Å². The van der Waals surface area contributed by atoms with E-state index in [9.17, 15) is 0 Å². The number of anilines is 2. The summed E-state index contributed by atoms with van der Waals surface area (Å²) in [6.45, 7) is 6.81. The summed E-state index contributed by atoms with van der Waals surface area (Å²) in [5, 5.41) is 3.51. The Bertz CT molecular complexity index is 876. The smallest absolute Gasteiger partial charge is 0.0387 e. The molecule has 0 unspecified atom stereocenters. The fraction of sp³-hybridized carbons (Fsp3) is 0.182. The van der Waals surface area contributed by atoms with Gasteiger partial charge in [-0.15, -0.1) is 0 Å². The molecular weight excluding hydrogens is 278 g/mol. The molecule has 1 aliphatic carbocycles. The molecule has 0 fully saturated rings. The third-order valence-electron chi connectivity index (χ3n) is 4.89. The summed E-state index contributed by atoms with van der Waals surface area (Å²) in [6, 6.07) is 23.9. The first-order valence-corrected chi connectivity index (χ1v) is 8.14. The second-order valence-corrected chi connectivity index (χ2v) is 6.93. The third kappa shape index (κ3) is 2.24. The van der Waals surface area contributed by atoms with Gasteiger partial charge in [0.15, 0.2) is 0 Å². The van der Waals surface area contributed by atoms with Crippen LogP contribution in [0.2, 0.25) is 0 Å². The van der Waals surface area contributed by atoms with Crippen molar-refractivity contribution < 1.29 is 0 Å². The average Bonchev–Trinajstić information content (AvgIpc) is 2.76. The van der Waals surface area contributed by atoms with Crippen LogP contribution in [0.5, 0.6) is 0 Å². The summed E-state index contributed by atoms with van der Waals surface area (Å²) in [7, 11) is 0. The number of nitrogens with one attached hydrogen (secondary N) is 1. The van der Waals surface area contributed by atoms with E-state index in [2.05, 4.69) is 86.8 Å². The van der Waals surface area contributed by atoms with Crippen molar-refractivity contribution >= 4 is 11.4 Å². The Hall–Kier alpha value is -2.54. The van der Waals surface area contributed by atoms with E-state index in [0.717, 1.165) is 11.4 Å².